The molecule has 1 aromatic rings. The molecule has 2 amide bonds. The Morgan fingerprint density at radius 3 is 2.39 bits per heavy atom. The highest BCUT2D eigenvalue weighted by Crippen LogP contribution is 2.39. The van der Waals surface area contributed by atoms with Crippen molar-refractivity contribution in [2.45, 2.75) is 55.7 Å². The van der Waals surface area contributed by atoms with Crippen LogP contribution in [0.3, 0.4) is 0 Å². The molecule has 28 heavy (non-hydrogen) atoms. The fraction of sp³-hybridized carbons (Fsp3) is 0.474. The molecule has 1 aromatic carbocycles. The number of terminal acetylenes is 1. The first kappa shape index (κ1) is 20.5. The van der Waals surface area contributed by atoms with Crippen molar-refractivity contribution in [1.29, 1.82) is 0 Å². The number of sulfonamides is 1. The van der Waals surface area contributed by atoms with Crippen LogP contribution in [0, 0.1) is 12.3 Å². The van der Waals surface area contributed by atoms with Gasteiger partial charge in [-0.25, -0.2) is 8.42 Å². The van der Waals surface area contributed by atoms with E-state index in [4.69, 9.17) is 23.8 Å². The number of nitrogens with two attached hydrogens (primary N) is 1. The predicted octanol–water partition coefficient (Wildman–Crippen LogP) is 2.40. The molecule has 0 aliphatic heterocycles. The van der Waals surface area contributed by atoms with Crippen LogP contribution in [0.5, 0.6) is 0 Å². The van der Waals surface area contributed by atoms with Gasteiger partial charge in [0.25, 0.3) is 0 Å². The number of hydrogen-bond donors (Lipinski definition) is 2. The summed E-state index contributed by atoms with van der Waals surface area (Å²) in [4.78, 5) is 26.2. The van der Waals surface area contributed by atoms with Crippen LogP contribution in [0.25, 0.3) is 0 Å². The topological polar surface area (TPSA) is 110 Å². The molecular weight excluding hydrogens is 402 g/mol. The summed E-state index contributed by atoms with van der Waals surface area (Å²) in [6.07, 6.45) is 9.83. The van der Waals surface area contributed by atoms with Crippen LogP contribution < -0.4 is 15.4 Å². The molecule has 0 heterocycles. The van der Waals surface area contributed by atoms with Crippen LogP contribution in [0.15, 0.2) is 18.2 Å². The zero-order valence-electron chi connectivity index (χ0n) is 15.3. The molecule has 9 heteroatoms. The maximum absolute atomic E-state index is 12.6. The van der Waals surface area contributed by atoms with Gasteiger partial charge in [0.05, 0.1) is 16.0 Å². The standard InChI is InChI=1S/C19H22ClN3O4S/c1-2-17(24)23(19(18(21)25)10-4-3-5-11-19)13-6-9-16(15(20)12-13)22-28(26,27)14-7-8-14/h1,6,9,12,14,22H,3-5,7-8,10-11H2,(H2,21,25). The maximum atomic E-state index is 12.6. The van der Waals surface area contributed by atoms with Crippen LogP contribution >= 0.6 is 11.6 Å². The van der Waals surface area contributed by atoms with Gasteiger partial charge in [0.2, 0.25) is 15.9 Å². The van der Waals surface area contributed by atoms with Crippen molar-refractivity contribution in [3.05, 3.63) is 23.2 Å². The van der Waals surface area contributed by atoms with E-state index in [2.05, 4.69) is 10.6 Å². The van der Waals surface area contributed by atoms with E-state index in [1.165, 1.54) is 23.1 Å². The number of rotatable bonds is 6. The zero-order valence-corrected chi connectivity index (χ0v) is 16.9. The SMILES string of the molecule is C#CC(=O)N(c1ccc(NS(=O)(=O)C2CC2)c(Cl)c1)C1(C(N)=O)CCCCC1. The van der Waals surface area contributed by atoms with Crippen molar-refractivity contribution in [2.75, 3.05) is 9.62 Å². The van der Waals surface area contributed by atoms with Gasteiger partial charge in [0.1, 0.15) is 5.54 Å². The Morgan fingerprint density at radius 2 is 1.89 bits per heavy atom. The lowest BCUT2D eigenvalue weighted by atomic mass is 9.79. The first-order chi connectivity index (χ1) is 13.2. The van der Waals surface area contributed by atoms with Gasteiger partial charge in [0.15, 0.2) is 0 Å². The second-order valence-electron chi connectivity index (χ2n) is 7.25. The molecule has 2 saturated carbocycles. The van der Waals surface area contributed by atoms with Crippen LogP contribution in [-0.4, -0.2) is 31.0 Å². The number of benzene rings is 1. The van der Waals surface area contributed by atoms with E-state index in [9.17, 15) is 18.0 Å². The minimum atomic E-state index is -3.48. The molecule has 2 aliphatic rings. The van der Waals surface area contributed by atoms with Crippen LogP contribution in [0.2, 0.25) is 5.02 Å². The number of amides is 2. The Kier molecular flexibility index (Phi) is 5.60. The fourth-order valence-corrected chi connectivity index (χ4v) is 5.37. The first-order valence-electron chi connectivity index (χ1n) is 9.13. The van der Waals surface area contributed by atoms with Gasteiger partial charge in [0, 0.05) is 5.69 Å². The van der Waals surface area contributed by atoms with Gasteiger partial charge in [-0.3, -0.25) is 19.2 Å². The minimum absolute atomic E-state index is 0.104. The highest BCUT2D eigenvalue weighted by Gasteiger charge is 2.46. The summed E-state index contributed by atoms with van der Waals surface area (Å²) in [6, 6.07) is 4.41. The molecule has 0 aromatic heterocycles. The lowest BCUT2D eigenvalue weighted by molar-refractivity contribution is -0.127. The number of nitrogens with zero attached hydrogens (tertiary/aromatic N) is 1. The molecule has 3 N–H and O–H groups in total. The minimum Gasteiger partial charge on any atom is -0.368 e. The Bertz CT molecular complexity index is 944. The Morgan fingerprint density at radius 1 is 1.25 bits per heavy atom. The number of halogens is 1. The molecule has 0 spiro atoms. The summed E-state index contributed by atoms with van der Waals surface area (Å²) in [5.41, 5.74) is 4.99. The van der Waals surface area contributed by atoms with Crippen LogP contribution in [0.1, 0.15) is 44.9 Å². The van der Waals surface area contributed by atoms with Crippen molar-refractivity contribution in [2.24, 2.45) is 5.73 Å². The van der Waals surface area contributed by atoms with Crippen LogP contribution in [0.4, 0.5) is 11.4 Å². The highest BCUT2D eigenvalue weighted by molar-refractivity contribution is 7.93. The van der Waals surface area contributed by atoms with Gasteiger partial charge in [-0.05, 0) is 49.8 Å². The first-order valence-corrected chi connectivity index (χ1v) is 11.1. The molecule has 0 saturated heterocycles. The number of hydrogen-bond acceptors (Lipinski definition) is 4. The van der Waals surface area contributed by atoms with Crippen molar-refractivity contribution >= 4 is 44.8 Å². The van der Waals surface area contributed by atoms with E-state index in [0.717, 1.165) is 19.3 Å². The Balaban J connectivity index is 1.99. The number of nitrogens with one attached hydrogen (secondary N) is 1. The average molecular weight is 424 g/mol. The largest absolute Gasteiger partial charge is 0.368 e. The normalized spacial score (nSPS) is 18.7. The Labute approximate surface area is 169 Å². The fourth-order valence-electron chi connectivity index (χ4n) is 3.68. The maximum Gasteiger partial charge on any atom is 0.303 e. The van der Waals surface area contributed by atoms with E-state index in [1.54, 1.807) is 0 Å². The molecule has 2 aliphatic carbocycles. The second-order valence-corrected chi connectivity index (χ2v) is 9.62. The lowest BCUT2D eigenvalue weighted by Crippen LogP contribution is -2.60. The van der Waals surface area contributed by atoms with Crippen molar-refractivity contribution < 1.29 is 18.0 Å². The third-order valence-corrected chi connectivity index (χ3v) is 7.49. The zero-order chi connectivity index (χ0) is 20.5. The van der Waals surface area contributed by atoms with Crippen molar-refractivity contribution in [3.8, 4) is 12.3 Å². The molecule has 7 nitrogen and oxygen atoms in total. The lowest BCUT2D eigenvalue weighted by Gasteiger charge is -2.43. The van der Waals surface area contributed by atoms with Gasteiger partial charge in [-0.2, -0.15) is 0 Å². The predicted molar refractivity (Wildman–Crippen MR) is 108 cm³/mol. The molecule has 150 valence electrons. The van der Waals surface area contributed by atoms with E-state index < -0.39 is 32.6 Å². The third kappa shape index (κ3) is 3.82. The second kappa shape index (κ2) is 7.64. The van der Waals surface area contributed by atoms with E-state index >= 15 is 0 Å². The summed E-state index contributed by atoms with van der Waals surface area (Å²) in [7, 11) is -3.48. The summed E-state index contributed by atoms with van der Waals surface area (Å²) in [5, 5.41) is -0.296. The molecular formula is C19H22ClN3O4S. The third-order valence-electron chi connectivity index (χ3n) is 5.32. The smallest absolute Gasteiger partial charge is 0.303 e. The van der Waals surface area contributed by atoms with Gasteiger partial charge in [-0.15, -0.1) is 6.42 Å². The van der Waals surface area contributed by atoms with Gasteiger partial charge >= 0.3 is 5.91 Å². The summed E-state index contributed by atoms with van der Waals surface area (Å²) >= 11 is 6.28. The molecule has 0 atom stereocenters. The summed E-state index contributed by atoms with van der Waals surface area (Å²) in [6.45, 7) is 0. The quantitative estimate of drug-likeness (QED) is 0.684. The molecule has 2 fully saturated rings. The van der Waals surface area contributed by atoms with Crippen molar-refractivity contribution in [3.63, 3.8) is 0 Å². The number of primary amides is 1. The number of anilines is 2. The molecule has 0 unspecified atom stereocenters. The van der Waals surface area contributed by atoms with E-state index in [1.807, 2.05) is 0 Å². The molecule has 0 bridgehead atoms. The molecule has 0 radical (unpaired) electrons. The summed E-state index contributed by atoms with van der Waals surface area (Å²) < 4.78 is 26.8. The average Bonchev–Trinajstić information content (AvgIpc) is 3.50. The highest BCUT2D eigenvalue weighted by atomic mass is 35.5. The van der Waals surface area contributed by atoms with E-state index in [-0.39, 0.29) is 10.7 Å². The van der Waals surface area contributed by atoms with Crippen molar-refractivity contribution in [1.82, 2.24) is 0 Å². The van der Waals surface area contributed by atoms with E-state index in [0.29, 0.717) is 31.4 Å². The Hall–Kier alpha value is -2.24. The summed E-state index contributed by atoms with van der Waals surface area (Å²) in [5.74, 6) is 0.749. The van der Waals surface area contributed by atoms with Crippen LogP contribution in [-0.2, 0) is 19.6 Å². The van der Waals surface area contributed by atoms with Gasteiger partial charge < -0.3 is 5.73 Å². The van der Waals surface area contributed by atoms with Gasteiger partial charge in [-0.1, -0.05) is 30.9 Å². The molecule has 3 rings (SSSR count). The number of carbonyl (C=O) groups is 2. The number of carbonyl (C=O) groups excluding carboxylic acids is 2. The monoisotopic (exact) mass is 423 g/mol.